The van der Waals surface area contributed by atoms with E-state index in [4.69, 9.17) is 4.74 Å². The number of ether oxygens (including phenoxy) is 1. The summed E-state index contributed by atoms with van der Waals surface area (Å²) in [4.78, 5) is 24.3. The van der Waals surface area contributed by atoms with Gasteiger partial charge in [-0.15, -0.1) is 0 Å². The molecule has 0 bridgehead atoms. The second kappa shape index (κ2) is 7.70. The zero-order chi connectivity index (χ0) is 18.7. The van der Waals surface area contributed by atoms with Crippen LogP contribution in [0.1, 0.15) is 34.5 Å². The third-order valence-electron chi connectivity index (χ3n) is 4.72. The standard InChI is InChI=1S/C19H23N3O4/c1-12-5-3-7-15(9-12)22-13(2)16(10-20-22)18(23)21-17(19(24)25)14-6-4-8-26-11-14/h3,5,7,9-10,14,17H,4,6,8,11H2,1-2H3,(H,21,23)(H,24,25). The van der Waals surface area contributed by atoms with E-state index < -0.39 is 17.9 Å². The lowest BCUT2D eigenvalue weighted by atomic mass is 9.93. The number of nitrogens with zero attached hydrogens (tertiary/aromatic N) is 2. The van der Waals surface area contributed by atoms with E-state index in [0.717, 1.165) is 24.1 Å². The minimum atomic E-state index is -1.04. The maximum atomic E-state index is 12.7. The SMILES string of the molecule is Cc1cccc(-n2ncc(C(=O)NC(C(=O)O)C3CCCOC3)c2C)c1. The summed E-state index contributed by atoms with van der Waals surface area (Å²) in [6.45, 7) is 4.77. The monoisotopic (exact) mass is 357 g/mol. The van der Waals surface area contributed by atoms with Crippen molar-refractivity contribution >= 4 is 11.9 Å². The highest BCUT2D eigenvalue weighted by Crippen LogP contribution is 2.20. The minimum absolute atomic E-state index is 0.225. The van der Waals surface area contributed by atoms with Gasteiger partial charge in [-0.1, -0.05) is 12.1 Å². The largest absolute Gasteiger partial charge is 0.480 e. The lowest BCUT2D eigenvalue weighted by Gasteiger charge is -2.28. The molecule has 26 heavy (non-hydrogen) atoms. The Morgan fingerprint density at radius 1 is 1.38 bits per heavy atom. The number of carboxylic acid groups (broad SMARTS) is 1. The number of carbonyl (C=O) groups excluding carboxylic acids is 1. The number of aliphatic carboxylic acids is 1. The summed E-state index contributed by atoms with van der Waals surface area (Å²) >= 11 is 0. The van der Waals surface area contributed by atoms with E-state index in [-0.39, 0.29) is 5.92 Å². The van der Waals surface area contributed by atoms with Crippen molar-refractivity contribution in [2.45, 2.75) is 32.7 Å². The van der Waals surface area contributed by atoms with Crippen LogP contribution < -0.4 is 5.32 Å². The van der Waals surface area contributed by atoms with Crippen LogP contribution >= 0.6 is 0 Å². The molecule has 0 spiro atoms. The van der Waals surface area contributed by atoms with Crippen molar-refractivity contribution in [2.75, 3.05) is 13.2 Å². The van der Waals surface area contributed by atoms with E-state index in [9.17, 15) is 14.7 Å². The highest BCUT2D eigenvalue weighted by Gasteiger charge is 2.32. The second-order valence-electron chi connectivity index (χ2n) is 6.66. The first-order chi connectivity index (χ1) is 12.5. The molecular formula is C19H23N3O4. The first-order valence-electron chi connectivity index (χ1n) is 8.70. The molecule has 2 N–H and O–H groups in total. The van der Waals surface area contributed by atoms with E-state index in [1.807, 2.05) is 31.2 Å². The zero-order valence-corrected chi connectivity index (χ0v) is 14.9. The average Bonchev–Trinajstić information content (AvgIpc) is 3.01. The predicted octanol–water partition coefficient (Wildman–Crippen LogP) is 2.10. The van der Waals surface area contributed by atoms with Crippen LogP contribution in [0.4, 0.5) is 0 Å². The molecule has 2 aromatic rings. The number of amides is 1. The van der Waals surface area contributed by atoms with Gasteiger partial charge < -0.3 is 15.2 Å². The minimum Gasteiger partial charge on any atom is -0.480 e. The molecule has 138 valence electrons. The van der Waals surface area contributed by atoms with Crippen LogP contribution in [-0.2, 0) is 9.53 Å². The van der Waals surface area contributed by atoms with Crippen LogP contribution in [0.5, 0.6) is 0 Å². The number of aryl methyl sites for hydroxylation is 1. The van der Waals surface area contributed by atoms with Crippen LogP contribution in [0.15, 0.2) is 30.5 Å². The van der Waals surface area contributed by atoms with Crippen LogP contribution in [-0.4, -0.2) is 46.0 Å². The Morgan fingerprint density at radius 2 is 2.19 bits per heavy atom. The molecule has 1 aliphatic heterocycles. The van der Waals surface area contributed by atoms with Gasteiger partial charge in [-0.2, -0.15) is 5.10 Å². The van der Waals surface area contributed by atoms with Gasteiger partial charge in [0.15, 0.2) is 0 Å². The van der Waals surface area contributed by atoms with Gasteiger partial charge in [-0.05, 0) is 44.4 Å². The van der Waals surface area contributed by atoms with Gasteiger partial charge in [0, 0.05) is 12.5 Å². The third-order valence-corrected chi connectivity index (χ3v) is 4.72. The van der Waals surface area contributed by atoms with Gasteiger partial charge in [0.2, 0.25) is 0 Å². The lowest BCUT2D eigenvalue weighted by Crippen LogP contribution is -2.48. The number of aromatic nitrogens is 2. The second-order valence-corrected chi connectivity index (χ2v) is 6.66. The molecule has 1 aromatic carbocycles. The molecule has 2 unspecified atom stereocenters. The maximum Gasteiger partial charge on any atom is 0.326 e. The van der Waals surface area contributed by atoms with Crippen LogP contribution in [0.25, 0.3) is 5.69 Å². The Labute approximate surface area is 152 Å². The molecule has 1 saturated heterocycles. The molecule has 2 atom stereocenters. The number of hydrogen-bond acceptors (Lipinski definition) is 4. The molecule has 1 aromatic heterocycles. The van der Waals surface area contributed by atoms with Gasteiger partial charge in [-0.25, -0.2) is 9.48 Å². The van der Waals surface area contributed by atoms with Crippen molar-refractivity contribution in [3.8, 4) is 5.69 Å². The normalized spacial score (nSPS) is 18.3. The first-order valence-corrected chi connectivity index (χ1v) is 8.70. The predicted molar refractivity (Wildman–Crippen MR) is 95.5 cm³/mol. The quantitative estimate of drug-likeness (QED) is 0.855. The number of carbonyl (C=O) groups is 2. The summed E-state index contributed by atoms with van der Waals surface area (Å²) in [6, 6.07) is 6.83. The highest BCUT2D eigenvalue weighted by molar-refractivity contribution is 5.97. The number of benzene rings is 1. The Morgan fingerprint density at radius 3 is 2.85 bits per heavy atom. The molecule has 1 fully saturated rings. The highest BCUT2D eigenvalue weighted by atomic mass is 16.5. The Hall–Kier alpha value is -2.67. The molecule has 7 heteroatoms. The molecule has 7 nitrogen and oxygen atoms in total. The smallest absolute Gasteiger partial charge is 0.326 e. The third kappa shape index (κ3) is 3.77. The van der Waals surface area contributed by atoms with Crippen LogP contribution in [0.2, 0.25) is 0 Å². The van der Waals surface area contributed by atoms with Crippen molar-refractivity contribution in [2.24, 2.45) is 5.92 Å². The summed E-state index contributed by atoms with van der Waals surface area (Å²) in [7, 11) is 0. The Bertz CT molecular complexity index is 809. The summed E-state index contributed by atoms with van der Waals surface area (Å²) < 4.78 is 7.05. The van der Waals surface area contributed by atoms with E-state index in [1.165, 1.54) is 6.20 Å². The fourth-order valence-electron chi connectivity index (χ4n) is 3.28. The number of hydrogen-bond donors (Lipinski definition) is 2. The number of rotatable bonds is 5. The molecule has 0 aliphatic carbocycles. The van der Waals surface area contributed by atoms with Gasteiger partial charge in [0.25, 0.3) is 5.91 Å². The molecule has 0 radical (unpaired) electrons. The van der Waals surface area contributed by atoms with Crippen molar-refractivity contribution in [3.63, 3.8) is 0 Å². The number of nitrogens with one attached hydrogen (secondary N) is 1. The fraction of sp³-hybridized carbons (Fsp3) is 0.421. The van der Waals surface area contributed by atoms with Crippen molar-refractivity contribution in [1.82, 2.24) is 15.1 Å². The molecule has 1 aliphatic rings. The summed E-state index contributed by atoms with van der Waals surface area (Å²) in [5, 5.41) is 16.5. The zero-order valence-electron chi connectivity index (χ0n) is 14.9. The summed E-state index contributed by atoms with van der Waals surface area (Å²) in [5.41, 5.74) is 2.98. The molecular weight excluding hydrogens is 334 g/mol. The van der Waals surface area contributed by atoms with Gasteiger partial charge in [0.1, 0.15) is 6.04 Å². The lowest BCUT2D eigenvalue weighted by molar-refractivity contribution is -0.142. The molecule has 2 heterocycles. The van der Waals surface area contributed by atoms with Gasteiger partial charge in [-0.3, -0.25) is 4.79 Å². The van der Waals surface area contributed by atoms with Crippen molar-refractivity contribution < 1.29 is 19.4 Å². The van der Waals surface area contributed by atoms with E-state index in [0.29, 0.717) is 24.5 Å². The van der Waals surface area contributed by atoms with Gasteiger partial charge >= 0.3 is 5.97 Å². The molecule has 0 saturated carbocycles. The first kappa shape index (κ1) is 18.1. The summed E-state index contributed by atoms with van der Waals surface area (Å²) in [6.07, 6.45) is 3.00. The number of carboxylic acids is 1. The topological polar surface area (TPSA) is 93.5 Å². The summed E-state index contributed by atoms with van der Waals surface area (Å²) in [5.74, 6) is -1.70. The molecule has 3 rings (SSSR count). The van der Waals surface area contributed by atoms with E-state index >= 15 is 0 Å². The van der Waals surface area contributed by atoms with E-state index in [2.05, 4.69) is 10.4 Å². The van der Waals surface area contributed by atoms with Crippen LogP contribution in [0, 0.1) is 19.8 Å². The average molecular weight is 357 g/mol. The van der Waals surface area contributed by atoms with E-state index in [1.54, 1.807) is 11.6 Å². The molecule has 1 amide bonds. The van der Waals surface area contributed by atoms with Gasteiger partial charge in [0.05, 0.1) is 29.7 Å². The van der Waals surface area contributed by atoms with Crippen molar-refractivity contribution in [1.29, 1.82) is 0 Å². The van der Waals surface area contributed by atoms with Crippen molar-refractivity contribution in [3.05, 3.63) is 47.3 Å². The Kier molecular flexibility index (Phi) is 5.37. The van der Waals surface area contributed by atoms with Crippen LogP contribution in [0.3, 0.4) is 0 Å². The maximum absolute atomic E-state index is 12.7. The fourth-order valence-corrected chi connectivity index (χ4v) is 3.28. The Balaban J connectivity index is 1.80.